The minimum Gasteiger partial charge on any atom is -0.444 e. The van der Waals surface area contributed by atoms with Gasteiger partial charge in [0.05, 0.1) is 6.54 Å². The van der Waals surface area contributed by atoms with Crippen molar-refractivity contribution in [3.8, 4) is 0 Å². The van der Waals surface area contributed by atoms with E-state index in [0.29, 0.717) is 0 Å². The molecule has 128 valence electrons. The molecule has 1 heterocycles. The van der Waals surface area contributed by atoms with Crippen molar-refractivity contribution < 1.29 is 28.5 Å². The van der Waals surface area contributed by atoms with Crippen LogP contribution in [0.5, 0.6) is 0 Å². The second-order valence-corrected chi connectivity index (χ2v) is 6.72. The molecule has 0 radical (unpaired) electrons. The fourth-order valence-electron chi connectivity index (χ4n) is 2.57. The first-order chi connectivity index (χ1) is 10.5. The average molecular weight is 329 g/mol. The molecule has 0 saturated carbocycles. The Kier molecular flexibility index (Phi) is 4.64. The standard InChI is InChI=1S/C16H21F2NO4/c1-15(2,3)23-14(21)19-8-7-16(22,12(20)9-19)10-5-4-6-11(17)13(10)18/h4-6,12,20,22H,7-9H2,1-3H3/t12-,16-/m1/s1. The third-order valence-electron chi connectivity index (χ3n) is 3.78. The normalized spacial score (nSPS) is 25.3. The van der Waals surface area contributed by atoms with Crippen LogP contribution in [0.2, 0.25) is 0 Å². The number of nitrogens with zero attached hydrogens (tertiary/aromatic N) is 1. The van der Waals surface area contributed by atoms with Crippen molar-refractivity contribution in [3.05, 3.63) is 35.4 Å². The zero-order chi connectivity index (χ0) is 17.4. The third-order valence-corrected chi connectivity index (χ3v) is 3.78. The van der Waals surface area contributed by atoms with Crippen LogP contribution in [0.1, 0.15) is 32.8 Å². The van der Waals surface area contributed by atoms with Gasteiger partial charge in [-0.05, 0) is 26.8 Å². The number of halogens is 2. The van der Waals surface area contributed by atoms with E-state index < -0.39 is 35.0 Å². The first kappa shape index (κ1) is 17.6. The van der Waals surface area contributed by atoms with Gasteiger partial charge in [-0.25, -0.2) is 13.6 Å². The Bertz CT molecular complexity index is 602. The number of likely N-dealkylation sites (tertiary alicyclic amines) is 1. The van der Waals surface area contributed by atoms with Gasteiger partial charge < -0.3 is 19.8 Å². The molecule has 0 spiro atoms. The topological polar surface area (TPSA) is 70.0 Å². The molecule has 2 atom stereocenters. The highest BCUT2D eigenvalue weighted by Crippen LogP contribution is 2.35. The van der Waals surface area contributed by atoms with E-state index in [1.54, 1.807) is 20.8 Å². The number of hydrogen-bond donors (Lipinski definition) is 2. The van der Waals surface area contributed by atoms with Crippen LogP contribution in [0, 0.1) is 11.6 Å². The maximum atomic E-state index is 13.9. The summed E-state index contributed by atoms with van der Waals surface area (Å²) < 4.78 is 32.5. The molecule has 1 aliphatic heterocycles. The Morgan fingerprint density at radius 2 is 2.04 bits per heavy atom. The summed E-state index contributed by atoms with van der Waals surface area (Å²) in [5, 5.41) is 20.8. The zero-order valence-corrected chi connectivity index (χ0v) is 13.3. The minimum atomic E-state index is -1.95. The predicted molar refractivity (Wildman–Crippen MR) is 78.7 cm³/mol. The summed E-state index contributed by atoms with van der Waals surface area (Å²) in [7, 11) is 0. The fourth-order valence-corrected chi connectivity index (χ4v) is 2.57. The number of rotatable bonds is 1. The molecule has 1 fully saturated rings. The van der Waals surface area contributed by atoms with Crippen molar-refractivity contribution in [1.29, 1.82) is 0 Å². The Hall–Kier alpha value is -1.73. The Labute approximate surface area is 133 Å². The second kappa shape index (κ2) is 6.05. The summed E-state index contributed by atoms with van der Waals surface area (Å²) in [4.78, 5) is 13.2. The van der Waals surface area contributed by atoms with E-state index >= 15 is 0 Å². The summed E-state index contributed by atoms with van der Waals surface area (Å²) in [5.74, 6) is -2.29. The van der Waals surface area contributed by atoms with E-state index in [0.717, 1.165) is 6.07 Å². The van der Waals surface area contributed by atoms with E-state index in [1.165, 1.54) is 17.0 Å². The SMILES string of the molecule is CC(C)(C)OC(=O)N1CC[C@@](O)(c2cccc(F)c2F)[C@H](O)C1. The van der Waals surface area contributed by atoms with E-state index in [1.807, 2.05) is 0 Å². The lowest BCUT2D eigenvalue weighted by Crippen LogP contribution is -2.56. The van der Waals surface area contributed by atoms with Crippen LogP contribution in [0.15, 0.2) is 18.2 Å². The summed E-state index contributed by atoms with van der Waals surface area (Å²) in [6, 6.07) is 3.42. The van der Waals surface area contributed by atoms with Crippen molar-refractivity contribution in [1.82, 2.24) is 4.90 Å². The lowest BCUT2D eigenvalue weighted by molar-refractivity contribution is -0.125. The number of amides is 1. The highest BCUT2D eigenvalue weighted by atomic mass is 19.2. The monoisotopic (exact) mass is 329 g/mol. The maximum absolute atomic E-state index is 13.9. The number of piperidine rings is 1. The van der Waals surface area contributed by atoms with Crippen LogP contribution < -0.4 is 0 Å². The van der Waals surface area contributed by atoms with E-state index in [9.17, 15) is 23.8 Å². The molecular formula is C16H21F2NO4. The van der Waals surface area contributed by atoms with Gasteiger partial charge in [-0.1, -0.05) is 12.1 Å². The number of ether oxygens (including phenoxy) is 1. The number of aliphatic hydroxyl groups is 2. The van der Waals surface area contributed by atoms with Gasteiger partial charge in [0.15, 0.2) is 11.6 Å². The van der Waals surface area contributed by atoms with Crippen molar-refractivity contribution in [2.45, 2.75) is 44.5 Å². The first-order valence-electron chi connectivity index (χ1n) is 7.37. The summed E-state index contributed by atoms with van der Waals surface area (Å²) >= 11 is 0. The van der Waals surface area contributed by atoms with Crippen LogP contribution in [0.25, 0.3) is 0 Å². The molecule has 2 rings (SSSR count). The molecule has 1 aromatic carbocycles. The summed E-state index contributed by atoms with van der Waals surface area (Å²) in [6.07, 6.45) is -2.22. The molecule has 2 N–H and O–H groups in total. The molecular weight excluding hydrogens is 308 g/mol. The van der Waals surface area contributed by atoms with Crippen LogP contribution in [0.4, 0.5) is 13.6 Å². The second-order valence-electron chi connectivity index (χ2n) is 6.72. The highest BCUT2D eigenvalue weighted by molar-refractivity contribution is 5.68. The fraction of sp³-hybridized carbons (Fsp3) is 0.562. The third kappa shape index (κ3) is 3.61. The van der Waals surface area contributed by atoms with Gasteiger partial charge in [-0.15, -0.1) is 0 Å². The van der Waals surface area contributed by atoms with Gasteiger partial charge in [0, 0.05) is 18.5 Å². The molecule has 1 saturated heterocycles. The van der Waals surface area contributed by atoms with E-state index in [-0.39, 0.29) is 25.1 Å². The van der Waals surface area contributed by atoms with Gasteiger partial charge in [0.2, 0.25) is 0 Å². The van der Waals surface area contributed by atoms with Gasteiger partial charge in [-0.2, -0.15) is 0 Å². The van der Waals surface area contributed by atoms with E-state index in [2.05, 4.69) is 0 Å². The maximum Gasteiger partial charge on any atom is 0.410 e. The first-order valence-corrected chi connectivity index (χ1v) is 7.37. The summed E-state index contributed by atoms with van der Waals surface area (Å²) in [5.41, 5.74) is -2.95. The molecule has 0 bridgehead atoms. The van der Waals surface area contributed by atoms with Gasteiger partial charge in [-0.3, -0.25) is 0 Å². The molecule has 23 heavy (non-hydrogen) atoms. The molecule has 1 aromatic rings. The molecule has 7 heteroatoms. The Morgan fingerprint density at radius 1 is 1.39 bits per heavy atom. The largest absolute Gasteiger partial charge is 0.444 e. The quantitative estimate of drug-likeness (QED) is 0.828. The molecule has 0 aromatic heterocycles. The van der Waals surface area contributed by atoms with Crippen molar-refractivity contribution in [3.63, 3.8) is 0 Å². The van der Waals surface area contributed by atoms with Gasteiger partial charge >= 0.3 is 6.09 Å². The Morgan fingerprint density at radius 3 is 2.61 bits per heavy atom. The van der Waals surface area contributed by atoms with Crippen molar-refractivity contribution in [2.75, 3.05) is 13.1 Å². The lowest BCUT2D eigenvalue weighted by Gasteiger charge is -2.42. The summed E-state index contributed by atoms with van der Waals surface area (Å²) in [6.45, 7) is 4.96. The van der Waals surface area contributed by atoms with Crippen molar-refractivity contribution >= 4 is 6.09 Å². The number of carbonyl (C=O) groups excluding carboxylic acids is 1. The van der Waals surface area contributed by atoms with Crippen LogP contribution in [-0.2, 0) is 10.3 Å². The number of β-amino-alcohol motifs (C(OH)–C–C–N with tert-alkyl or cyclic N) is 1. The van der Waals surface area contributed by atoms with Gasteiger partial charge in [0.25, 0.3) is 0 Å². The minimum absolute atomic E-state index is 0.0540. The predicted octanol–water partition coefficient (Wildman–Crippen LogP) is 2.15. The lowest BCUT2D eigenvalue weighted by atomic mass is 9.82. The Balaban J connectivity index is 2.18. The zero-order valence-electron chi connectivity index (χ0n) is 13.3. The van der Waals surface area contributed by atoms with Crippen molar-refractivity contribution in [2.24, 2.45) is 0 Å². The van der Waals surface area contributed by atoms with Crippen LogP contribution in [-0.4, -0.2) is 46.0 Å². The highest BCUT2D eigenvalue weighted by Gasteiger charge is 2.45. The number of benzene rings is 1. The average Bonchev–Trinajstić information content (AvgIpc) is 2.43. The van der Waals surface area contributed by atoms with Crippen LogP contribution in [0.3, 0.4) is 0 Å². The molecule has 5 nitrogen and oxygen atoms in total. The molecule has 1 amide bonds. The molecule has 1 aliphatic rings. The number of carbonyl (C=O) groups is 1. The number of hydrogen-bond acceptors (Lipinski definition) is 4. The van der Waals surface area contributed by atoms with Crippen LogP contribution >= 0.6 is 0 Å². The molecule has 0 aliphatic carbocycles. The van der Waals surface area contributed by atoms with Gasteiger partial charge in [0.1, 0.15) is 17.3 Å². The molecule has 0 unspecified atom stereocenters. The number of aliphatic hydroxyl groups excluding tert-OH is 1. The van der Waals surface area contributed by atoms with E-state index in [4.69, 9.17) is 4.74 Å². The smallest absolute Gasteiger partial charge is 0.410 e.